The van der Waals surface area contributed by atoms with Crippen molar-refractivity contribution in [2.24, 2.45) is 0 Å². The topological polar surface area (TPSA) is 66.4 Å². The molecule has 6 heteroatoms. The third-order valence-electron chi connectivity index (χ3n) is 2.71. The number of nitrogens with one attached hydrogen (secondary N) is 1. The Morgan fingerprint density at radius 3 is 2.63 bits per heavy atom. The molecule has 0 spiro atoms. The molecule has 102 valence electrons. The standard InChI is InChI=1S/C13H15NO3S2/c15-19(16,17)18-9-8-14-10-12-6-3-5-11-4-1-2-7-13(11)12/h1-7,14H,8-10H2,(H,15,16,17). The highest BCUT2D eigenvalue weighted by atomic mass is 33.1. The quantitative estimate of drug-likeness (QED) is 0.487. The molecular weight excluding hydrogens is 282 g/mol. The van der Waals surface area contributed by atoms with Gasteiger partial charge >= 0.3 is 9.15 Å². The van der Waals surface area contributed by atoms with Crippen LogP contribution in [0.1, 0.15) is 5.56 Å². The van der Waals surface area contributed by atoms with E-state index in [1.54, 1.807) is 0 Å². The van der Waals surface area contributed by atoms with Crippen molar-refractivity contribution in [2.75, 3.05) is 12.3 Å². The van der Waals surface area contributed by atoms with Gasteiger partial charge in [0.1, 0.15) is 0 Å². The molecule has 0 aliphatic heterocycles. The molecule has 4 nitrogen and oxygen atoms in total. The van der Waals surface area contributed by atoms with Gasteiger partial charge in [-0.15, -0.1) is 0 Å². The summed E-state index contributed by atoms with van der Waals surface area (Å²) in [7, 11) is -3.39. The number of hydrogen-bond donors (Lipinski definition) is 2. The number of hydrogen-bond acceptors (Lipinski definition) is 4. The van der Waals surface area contributed by atoms with Crippen LogP contribution >= 0.6 is 10.8 Å². The highest BCUT2D eigenvalue weighted by Crippen LogP contribution is 2.18. The van der Waals surface area contributed by atoms with Gasteiger partial charge in [-0.2, -0.15) is 8.42 Å². The Labute approximate surface area is 116 Å². The molecule has 0 saturated carbocycles. The maximum Gasteiger partial charge on any atom is 0.319 e. The van der Waals surface area contributed by atoms with Crippen LogP contribution in [0.5, 0.6) is 0 Å². The van der Waals surface area contributed by atoms with Gasteiger partial charge in [0, 0.05) is 18.8 Å². The van der Waals surface area contributed by atoms with Crippen LogP contribution in [0, 0.1) is 0 Å². The lowest BCUT2D eigenvalue weighted by Gasteiger charge is -2.07. The number of rotatable bonds is 6. The Balaban J connectivity index is 1.92. The lowest BCUT2D eigenvalue weighted by molar-refractivity contribution is 0.503. The van der Waals surface area contributed by atoms with Crippen LogP contribution in [0.4, 0.5) is 0 Å². The van der Waals surface area contributed by atoms with Gasteiger partial charge < -0.3 is 5.32 Å². The van der Waals surface area contributed by atoms with Crippen molar-refractivity contribution in [1.29, 1.82) is 0 Å². The molecule has 0 amide bonds. The fourth-order valence-corrected chi connectivity index (χ4v) is 3.21. The summed E-state index contributed by atoms with van der Waals surface area (Å²) in [6.45, 7) is 1.20. The van der Waals surface area contributed by atoms with E-state index >= 15 is 0 Å². The van der Waals surface area contributed by atoms with E-state index < -0.39 is 9.15 Å². The largest absolute Gasteiger partial charge is 0.319 e. The van der Waals surface area contributed by atoms with Crippen molar-refractivity contribution < 1.29 is 13.0 Å². The minimum Gasteiger partial charge on any atom is -0.312 e. The maximum atomic E-state index is 10.5. The third-order valence-corrected chi connectivity index (χ3v) is 4.77. The first-order valence-corrected chi connectivity index (χ1v) is 8.80. The predicted molar refractivity (Wildman–Crippen MR) is 79.7 cm³/mol. The minimum absolute atomic E-state index is 0.323. The fraction of sp³-hybridized carbons (Fsp3) is 0.231. The van der Waals surface area contributed by atoms with Crippen LogP contribution in [0.2, 0.25) is 0 Å². The lowest BCUT2D eigenvalue weighted by atomic mass is 10.0. The molecule has 0 saturated heterocycles. The molecule has 0 unspecified atom stereocenters. The summed E-state index contributed by atoms with van der Waals surface area (Å²) in [5, 5.41) is 5.55. The molecule has 0 atom stereocenters. The van der Waals surface area contributed by atoms with Crippen LogP contribution in [-0.4, -0.2) is 25.3 Å². The molecule has 0 heterocycles. The first-order chi connectivity index (χ1) is 9.06. The van der Waals surface area contributed by atoms with Gasteiger partial charge in [-0.05, 0) is 27.1 Å². The molecule has 2 N–H and O–H groups in total. The van der Waals surface area contributed by atoms with E-state index in [9.17, 15) is 8.42 Å². The van der Waals surface area contributed by atoms with Crippen molar-refractivity contribution in [3.8, 4) is 0 Å². The van der Waals surface area contributed by atoms with Crippen molar-refractivity contribution >= 4 is 30.7 Å². The normalized spacial score (nSPS) is 11.8. The van der Waals surface area contributed by atoms with Gasteiger partial charge in [0.2, 0.25) is 0 Å². The van der Waals surface area contributed by atoms with E-state index in [0.29, 0.717) is 29.6 Å². The lowest BCUT2D eigenvalue weighted by Crippen LogP contribution is -2.17. The van der Waals surface area contributed by atoms with Gasteiger partial charge in [-0.25, -0.2) is 0 Å². The zero-order valence-corrected chi connectivity index (χ0v) is 11.9. The summed E-state index contributed by atoms with van der Waals surface area (Å²) in [5.41, 5.74) is 1.18. The number of fused-ring (bicyclic) bond motifs is 1. The molecule has 0 aromatic heterocycles. The van der Waals surface area contributed by atoms with Crippen molar-refractivity contribution in [3.63, 3.8) is 0 Å². The highest BCUT2D eigenvalue weighted by molar-refractivity contribution is 8.69. The zero-order chi connectivity index (χ0) is 13.7. The molecule has 0 bridgehead atoms. The molecule has 0 fully saturated rings. The second kappa shape index (κ2) is 6.38. The second-order valence-corrected chi connectivity index (χ2v) is 7.53. The average molecular weight is 297 g/mol. The van der Waals surface area contributed by atoms with Crippen molar-refractivity contribution in [3.05, 3.63) is 48.0 Å². The zero-order valence-electron chi connectivity index (χ0n) is 10.2. The predicted octanol–water partition coefficient (Wildman–Crippen LogP) is 2.47. The average Bonchev–Trinajstić information content (AvgIpc) is 2.37. The molecule has 2 aromatic rings. The maximum absolute atomic E-state index is 10.5. The van der Waals surface area contributed by atoms with Gasteiger partial charge in [-0.3, -0.25) is 4.55 Å². The smallest absolute Gasteiger partial charge is 0.312 e. The van der Waals surface area contributed by atoms with Crippen LogP contribution in [0.15, 0.2) is 42.5 Å². The summed E-state index contributed by atoms with van der Waals surface area (Å²) >= 11 is 0. The van der Waals surface area contributed by atoms with E-state index in [1.165, 1.54) is 16.3 Å². The Morgan fingerprint density at radius 2 is 1.84 bits per heavy atom. The van der Waals surface area contributed by atoms with Gasteiger partial charge in [0.15, 0.2) is 0 Å². The summed E-state index contributed by atoms with van der Waals surface area (Å²) in [6.07, 6.45) is 0. The van der Waals surface area contributed by atoms with Crippen molar-refractivity contribution in [2.45, 2.75) is 6.54 Å². The highest BCUT2D eigenvalue weighted by Gasteiger charge is 2.04. The Hall–Kier alpha value is -1.08. The Kier molecular flexibility index (Phi) is 4.81. The van der Waals surface area contributed by atoms with E-state index in [-0.39, 0.29) is 0 Å². The van der Waals surface area contributed by atoms with Crippen LogP contribution < -0.4 is 5.32 Å². The molecule has 0 aliphatic carbocycles. The molecule has 2 rings (SSSR count). The van der Waals surface area contributed by atoms with Crippen LogP contribution in [0.3, 0.4) is 0 Å². The van der Waals surface area contributed by atoms with Gasteiger partial charge in [0.05, 0.1) is 0 Å². The molecule has 19 heavy (non-hydrogen) atoms. The Bertz CT molecular complexity index is 650. The van der Waals surface area contributed by atoms with Crippen molar-refractivity contribution in [1.82, 2.24) is 5.32 Å². The van der Waals surface area contributed by atoms with E-state index in [2.05, 4.69) is 23.5 Å². The molecule has 0 radical (unpaired) electrons. The first kappa shape index (κ1) is 14.3. The second-order valence-electron chi connectivity index (χ2n) is 4.06. The SMILES string of the molecule is O=S(=O)(O)SCCNCc1cccc2ccccc12. The first-order valence-electron chi connectivity index (χ1n) is 5.85. The summed E-state index contributed by atoms with van der Waals surface area (Å²) in [6, 6.07) is 14.2. The summed E-state index contributed by atoms with van der Waals surface area (Å²) in [5.74, 6) is 0.323. The summed E-state index contributed by atoms with van der Waals surface area (Å²) < 4.78 is 29.6. The van der Waals surface area contributed by atoms with Crippen LogP contribution in [-0.2, 0) is 15.7 Å². The number of benzene rings is 2. The van der Waals surface area contributed by atoms with Gasteiger partial charge in [-0.1, -0.05) is 42.5 Å². The third kappa shape index (κ3) is 4.50. The Morgan fingerprint density at radius 1 is 1.11 bits per heavy atom. The minimum atomic E-state index is -3.93. The molecule has 0 aliphatic rings. The van der Waals surface area contributed by atoms with E-state index in [4.69, 9.17) is 4.55 Å². The monoisotopic (exact) mass is 297 g/mol. The van der Waals surface area contributed by atoms with E-state index in [0.717, 1.165) is 0 Å². The molecule has 2 aromatic carbocycles. The van der Waals surface area contributed by atoms with Crippen LogP contribution in [0.25, 0.3) is 10.8 Å². The van der Waals surface area contributed by atoms with Gasteiger partial charge in [0.25, 0.3) is 0 Å². The fourth-order valence-electron chi connectivity index (χ4n) is 1.89. The molecular formula is C13H15NO3S2. The van der Waals surface area contributed by atoms with E-state index in [1.807, 2.05) is 24.3 Å². The summed E-state index contributed by atoms with van der Waals surface area (Å²) in [4.78, 5) is 0.